The summed E-state index contributed by atoms with van der Waals surface area (Å²) in [7, 11) is 5.92. The fourth-order valence-electron chi connectivity index (χ4n) is 2.14. The van der Waals surface area contributed by atoms with E-state index in [1.54, 1.807) is 0 Å². The molecule has 0 saturated carbocycles. The van der Waals surface area contributed by atoms with Gasteiger partial charge in [-0.25, -0.2) is 0 Å². The summed E-state index contributed by atoms with van der Waals surface area (Å²) in [6.45, 7) is 7.07. The lowest BCUT2D eigenvalue weighted by Crippen LogP contribution is -2.45. The minimum atomic E-state index is 0.00528. The van der Waals surface area contributed by atoms with Crippen LogP contribution in [-0.2, 0) is 0 Å². The molecule has 0 heterocycles. The zero-order valence-corrected chi connectivity index (χ0v) is 13.4. The van der Waals surface area contributed by atoms with Crippen LogP contribution in [0.4, 0.5) is 5.69 Å². The van der Waals surface area contributed by atoms with Crippen LogP contribution in [0, 0.1) is 12.8 Å². The van der Waals surface area contributed by atoms with Crippen LogP contribution in [0.5, 0.6) is 0 Å². The molecule has 1 aromatic rings. The predicted molar refractivity (Wildman–Crippen MR) is 85.4 cm³/mol. The van der Waals surface area contributed by atoms with Gasteiger partial charge in [0.15, 0.2) is 0 Å². The number of anilines is 1. The van der Waals surface area contributed by atoms with E-state index in [9.17, 15) is 4.79 Å². The summed E-state index contributed by atoms with van der Waals surface area (Å²) in [5.41, 5.74) is 2.75. The van der Waals surface area contributed by atoms with Gasteiger partial charge in [-0.2, -0.15) is 0 Å². The summed E-state index contributed by atoms with van der Waals surface area (Å²) in [4.78, 5) is 14.5. The monoisotopic (exact) mass is 277 g/mol. The van der Waals surface area contributed by atoms with Crippen LogP contribution >= 0.6 is 0 Å². The van der Waals surface area contributed by atoms with Crippen molar-refractivity contribution in [3.8, 4) is 0 Å². The van der Waals surface area contributed by atoms with E-state index in [0.29, 0.717) is 5.92 Å². The van der Waals surface area contributed by atoms with Gasteiger partial charge in [0, 0.05) is 30.9 Å². The molecule has 20 heavy (non-hydrogen) atoms. The number of nitrogens with one attached hydrogen (secondary N) is 2. The van der Waals surface area contributed by atoms with E-state index >= 15 is 0 Å². The van der Waals surface area contributed by atoms with Gasteiger partial charge in [-0.3, -0.25) is 4.79 Å². The lowest BCUT2D eigenvalue weighted by molar-refractivity contribution is 0.0916. The molecule has 1 aromatic carbocycles. The molecule has 1 amide bonds. The van der Waals surface area contributed by atoms with Gasteiger partial charge in [0.05, 0.1) is 0 Å². The Morgan fingerprint density at radius 3 is 2.40 bits per heavy atom. The van der Waals surface area contributed by atoms with Crippen molar-refractivity contribution in [2.75, 3.05) is 33.0 Å². The smallest absolute Gasteiger partial charge is 0.251 e. The third kappa shape index (κ3) is 4.53. The van der Waals surface area contributed by atoms with E-state index in [1.165, 1.54) is 0 Å². The van der Waals surface area contributed by atoms with E-state index in [2.05, 4.69) is 29.4 Å². The predicted octanol–water partition coefficient (Wildman–Crippen LogP) is 2.35. The van der Waals surface area contributed by atoms with Crippen LogP contribution in [0.25, 0.3) is 0 Å². The Bertz CT molecular complexity index is 455. The Hall–Kier alpha value is -1.55. The number of nitrogens with zero attached hydrogens (tertiary/aromatic N) is 1. The van der Waals surface area contributed by atoms with E-state index in [1.807, 2.05) is 46.3 Å². The van der Waals surface area contributed by atoms with E-state index in [-0.39, 0.29) is 11.9 Å². The molecule has 0 aliphatic rings. The molecule has 0 aliphatic heterocycles. The van der Waals surface area contributed by atoms with Crippen molar-refractivity contribution >= 4 is 11.6 Å². The first-order chi connectivity index (χ1) is 9.35. The van der Waals surface area contributed by atoms with Gasteiger partial charge in [-0.1, -0.05) is 13.8 Å². The molecule has 4 heteroatoms. The minimum Gasteiger partial charge on any atom is -0.388 e. The highest BCUT2D eigenvalue weighted by molar-refractivity contribution is 5.96. The summed E-state index contributed by atoms with van der Waals surface area (Å²) in [6, 6.07) is 5.95. The number of rotatable bonds is 6. The van der Waals surface area contributed by atoms with Gasteiger partial charge in [-0.05, 0) is 50.7 Å². The maximum absolute atomic E-state index is 12.4. The Labute approximate surface area is 122 Å². The highest BCUT2D eigenvalue weighted by Gasteiger charge is 2.18. The molecule has 0 radical (unpaired) electrons. The van der Waals surface area contributed by atoms with E-state index in [4.69, 9.17) is 0 Å². The number of amides is 1. The van der Waals surface area contributed by atoms with Crippen LogP contribution in [0.2, 0.25) is 0 Å². The van der Waals surface area contributed by atoms with Gasteiger partial charge in [0.1, 0.15) is 0 Å². The summed E-state index contributed by atoms with van der Waals surface area (Å²) in [5.74, 6) is 0.406. The highest BCUT2D eigenvalue weighted by atomic mass is 16.1. The topological polar surface area (TPSA) is 44.4 Å². The van der Waals surface area contributed by atoms with Crippen molar-refractivity contribution in [1.82, 2.24) is 10.2 Å². The quantitative estimate of drug-likeness (QED) is 0.839. The third-order valence-corrected chi connectivity index (χ3v) is 3.44. The fraction of sp³-hybridized carbons (Fsp3) is 0.562. The number of carbonyl (C=O) groups excluding carboxylic acids is 1. The second-order valence-electron chi connectivity index (χ2n) is 5.87. The first kappa shape index (κ1) is 16.5. The molecular weight excluding hydrogens is 250 g/mol. The molecule has 1 rings (SSSR count). The Balaban J connectivity index is 2.83. The molecule has 0 fully saturated rings. The number of hydrogen-bond acceptors (Lipinski definition) is 3. The van der Waals surface area contributed by atoms with Crippen LogP contribution in [0.1, 0.15) is 29.8 Å². The maximum atomic E-state index is 12.4. The SMILES string of the molecule is CNc1ccc(C(=O)NC(CN(C)C)C(C)C)c(C)c1. The zero-order valence-electron chi connectivity index (χ0n) is 13.4. The molecule has 4 nitrogen and oxygen atoms in total. The first-order valence-electron chi connectivity index (χ1n) is 7.09. The normalized spacial score (nSPS) is 12.6. The van der Waals surface area contributed by atoms with Gasteiger partial charge in [0.2, 0.25) is 0 Å². The first-order valence-corrected chi connectivity index (χ1v) is 7.09. The summed E-state index contributed by atoms with van der Waals surface area (Å²) in [6.07, 6.45) is 0. The van der Waals surface area contributed by atoms with Crippen molar-refractivity contribution in [3.05, 3.63) is 29.3 Å². The summed E-state index contributed by atoms with van der Waals surface area (Å²) < 4.78 is 0. The van der Waals surface area contributed by atoms with E-state index in [0.717, 1.165) is 23.4 Å². The number of benzene rings is 1. The summed E-state index contributed by atoms with van der Waals surface area (Å²) >= 11 is 0. The average Bonchev–Trinajstić information content (AvgIpc) is 2.36. The van der Waals surface area contributed by atoms with Crippen LogP contribution in [-0.4, -0.2) is 44.5 Å². The minimum absolute atomic E-state index is 0.00528. The van der Waals surface area contributed by atoms with Crippen LogP contribution < -0.4 is 10.6 Å². The molecule has 1 unspecified atom stereocenters. The molecular formula is C16H27N3O. The zero-order chi connectivity index (χ0) is 15.3. The van der Waals surface area contributed by atoms with Gasteiger partial charge < -0.3 is 15.5 Å². The van der Waals surface area contributed by atoms with Gasteiger partial charge >= 0.3 is 0 Å². The largest absolute Gasteiger partial charge is 0.388 e. The number of hydrogen-bond donors (Lipinski definition) is 2. The van der Waals surface area contributed by atoms with Crippen molar-refractivity contribution in [3.63, 3.8) is 0 Å². The Morgan fingerprint density at radius 1 is 1.30 bits per heavy atom. The molecule has 0 bridgehead atoms. The third-order valence-electron chi connectivity index (χ3n) is 3.44. The van der Waals surface area contributed by atoms with Crippen molar-refractivity contribution in [1.29, 1.82) is 0 Å². The molecule has 112 valence electrons. The van der Waals surface area contributed by atoms with Crippen molar-refractivity contribution in [2.24, 2.45) is 5.92 Å². The van der Waals surface area contributed by atoms with Crippen LogP contribution in [0.3, 0.4) is 0 Å². The Morgan fingerprint density at radius 2 is 1.95 bits per heavy atom. The van der Waals surface area contributed by atoms with E-state index < -0.39 is 0 Å². The Kier molecular flexibility index (Phi) is 6.02. The lowest BCUT2D eigenvalue weighted by atomic mass is 10.0. The number of aryl methyl sites for hydroxylation is 1. The van der Waals surface area contributed by atoms with Crippen molar-refractivity contribution in [2.45, 2.75) is 26.8 Å². The highest BCUT2D eigenvalue weighted by Crippen LogP contribution is 2.15. The number of carbonyl (C=O) groups is 1. The molecule has 2 N–H and O–H groups in total. The maximum Gasteiger partial charge on any atom is 0.251 e. The second-order valence-corrected chi connectivity index (χ2v) is 5.87. The number of likely N-dealkylation sites (N-methyl/N-ethyl adjacent to an activating group) is 1. The molecule has 0 saturated heterocycles. The summed E-state index contributed by atoms with van der Waals surface area (Å²) in [5, 5.41) is 6.22. The average molecular weight is 277 g/mol. The van der Waals surface area contributed by atoms with Crippen LogP contribution in [0.15, 0.2) is 18.2 Å². The molecule has 0 spiro atoms. The lowest BCUT2D eigenvalue weighted by Gasteiger charge is -2.26. The fourth-order valence-corrected chi connectivity index (χ4v) is 2.14. The molecule has 0 aromatic heterocycles. The molecule has 1 atom stereocenters. The van der Waals surface area contributed by atoms with Gasteiger partial charge in [0.25, 0.3) is 5.91 Å². The van der Waals surface area contributed by atoms with Crippen molar-refractivity contribution < 1.29 is 4.79 Å². The van der Waals surface area contributed by atoms with Gasteiger partial charge in [-0.15, -0.1) is 0 Å². The second kappa shape index (κ2) is 7.29. The standard InChI is InChI=1S/C16H27N3O/c1-11(2)15(10-19(5)6)18-16(20)14-8-7-13(17-4)9-12(14)3/h7-9,11,15,17H,10H2,1-6H3,(H,18,20). The molecule has 0 aliphatic carbocycles.